The van der Waals surface area contributed by atoms with Crippen LogP contribution in [-0.4, -0.2) is 32.7 Å². The standard InChI is InChI=1S/C20H25NO2/c1-21-11-10-17-12-19(22-2)8-6-15(17)4-5-16-7-9-20(23-3)13-18(16)14-21/h6-9,12-13H,4-5,10-11,14H2,1-3H3. The summed E-state index contributed by atoms with van der Waals surface area (Å²) in [5, 5.41) is 0. The van der Waals surface area contributed by atoms with Gasteiger partial charge in [-0.2, -0.15) is 0 Å². The molecule has 0 spiro atoms. The number of likely N-dealkylation sites (N-methyl/N-ethyl adjacent to an activating group) is 1. The fourth-order valence-corrected chi connectivity index (χ4v) is 3.28. The molecule has 3 nitrogen and oxygen atoms in total. The number of hydrogen-bond donors (Lipinski definition) is 0. The first-order valence-electron chi connectivity index (χ1n) is 8.19. The monoisotopic (exact) mass is 311 g/mol. The van der Waals surface area contributed by atoms with Crippen molar-refractivity contribution in [3.05, 3.63) is 58.7 Å². The van der Waals surface area contributed by atoms with Crippen LogP contribution in [0.4, 0.5) is 0 Å². The Kier molecular flexibility index (Phi) is 4.87. The molecule has 0 saturated carbocycles. The highest BCUT2D eigenvalue weighted by molar-refractivity contribution is 5.39. The van der Waals surface area contributed by atoms with Gasteiger partial charge in [0.25, 0.3) is 0 Å². The van der Waals surface area contributed by atoms with Crippen molar-refractivity contribution >= 4 is 0 Å². The summed E-state index contributed by atoms with van der Waals surface area (Å²) < 4.78 is 10.8. The predicted molar refractivity (Wildman–Crippen MR) is 93.4 cm³/mol. The summed E-state index contributed by atoms with van der Waals surface area (Å²) in [6, 6.07) is 13.0. The quantitative estimate of drug-likeness (QED) is 0.847. The Morgan fingerprint density at radius 3 is 1.91 bits per heavy atom. The van der Waals surface area contributed by atoms with Crippen molar-refractivity contribution < 1.29 is 9.47 Å². The van der Waals surface area contributed by atoms with E-state index in [0.717, 1.165) is 43.9 Å². The van der Waals surface area contributed by atoms with Gasteiger partial charge in [0.1, 0.15) is 11.5 Å². The number of hydrogen-bond acceptors (Lipinski definition) is 3. The third-order valence-electron chi connectivity index (χ3n) is 4.69. The smallest absolute Gasteiger partial charge is 0.119 e. The second-order valence-electron chi connectivity index (χ2n) is 6.26. The fourth-order valence-electron chi connectivity index (χ4n) is 3.28. The van der Waals surface area contributed by atoms with Crippen molar-refractivity contribution in [2.45, 2.75) is 25.8 Å². The lowest BCUT2D eigenvalue weighted by molar-refractivity contribution is 0.327. The molecule has 2 aromatic carbocycles. The molecule has 1 aliphatic heterocycles. The number of methoxy groups -OCH3 is 2. The Balaban J connectivity index is 1.93. The number of aryl methyl sites for hydroxylation is 2. The van der Waals surface area contributed by atoms with Gasteiger partial charge in [0.15, 0.2) is 0 Å². The van der Waals surface area contributed by atoms with E-state index < -0.39 is 0 Å². The topological polar surface area (TPSA) is 21.7 Å². The van der Waals surface area contributed by atoms with Crippen LogP contribution in [0.25, 0.3) is 0 Å². The van der Waals surface area contributed by atoms with Crippen LogP contribution in [0.1, 0.15) is 22.3 Å². The van der Waals surface area contributed by atoms with E-state index in [4.69, 9.17) is 9.47 Å². The third kappa shape index (κ3) is 3.67. The summed E-state index contributed by atoms with van der Waals surface area (Å²) in [6.07, 6.45) is 3.19. The summed E-state index contributed by atoms with van der Waals surface area (Å²) in [7, 11) is 5.65. The van der Waals surface area contributed by atoms with Gasteiger partial charge in [0.2, 0.25) is 0 Å². The first-order valence-corrected chi connectivity index (χ1v) is 8.19. The number of nitrogens with zero attached hydrogens (tertiary/aromatic N) is 1. The Morgan fingerprint density at radius 1 is 0.739 bits per heavy atom. The maximum absolute atomic E-state index is 5.39. The van der Waals surface area contributed by atoms with Gasteiger partial charge in [-0.15, -0.1) is 0 Å². The summed E-state index contributed by atoms with van der Waals surface area (Å²) in [5.74, 6) is 1.90. The third-order valence-corrected chi connectivity index (χ3v) is 4.69. The molecule has 2 aromatic rings. The van der Waals surface area contributed by atoms with Crippen LogP contribution < -0.4 is 9.47 Å². The molecule has 0 aliphatic carbocycles. The molecule has 0 fully saturated rings. The number of fused-ring (bicyclic) bond motifs is 2. The minimum absolute atomic E-state index is 0.944. The Morgan fingerprint density at radius 2 is 1.30 bits per heavy atom. The van der Waals surface area contributed by atoms with E-state index >= 15 is 0 Å². The lowest BCUT2D eigenvalue weighted by Gasteiger charge is -2.23. The van der Waals surface area contributed by atoms with Crippen molar-refractivity contribution in [3.8, 4) is 11.5 Å². The van der Waals surface area contributed by atoms with Crippen LogP contribution in [0.5, 0.6) is 11.5 Å². The largest absolute Gasteiger partial charge is 0.497 e. The molecule has 1 aliphatic rings. The molecule has 0 saturated heterocycles. The highest BCUT2D eigenvalue weighted by atomic mass is 16.5. The van der Waals surface area contributed by atoms with Crippen LogP contribution in [0.2, 0.25) is 0 Å². The minimum Gasteiger partial charge on any atom is -0.497 e. The second kappa shape index (κ2) is 7.05. The number of rotatable bonds is 2. The van der Waals surface area contributed by atoms with Crippen molar-refractivity contribution in [1.29, 1.82) is 0 Å². The summed E-state index contributed by atoms with van der Waals surface area (Å²) in [4.78, 5) is 2.38. The van der Waals surface area contributed by atoms with Gasteiger partial charge in [0, 0.05) is 13.1 Å². The molecular formula is C20H25NO2. The SMILES string of the molecule is COc1ccc2c(c1)CCN(C)Cc1cc(OC)ccc1CC2. The van der Waals surface area contributed by atoms with Crippen molar-refractivity contribution in [3.63, 3.8) is 0 Å². The molecule has 0 radical (unpaired) electrons. The molecule has 0 unspecified atom stereocenters. The van der Waals surface area contributed by atoms with E-state index in [1.54, 1.807) is 14.2 Å². The Hall–Kier alpha value is -2.00. The maximum Gasteiger partial charge on any atom is 0.119 e. The maximum atomic E-state index is 5.39. The summed E-state index contributed by atoms with van der Waals surface area (Å²) >= 11 is 0. The molecule has 0 atom stereocenters. The average molecular weight is 311 g/mol. The molecule has 3 rings (SSSR count). The highest BCUT2D eigenvalue weighted by Crippen LogP contribution is 2.25. The van der Waals surface area contributed by atoms with Crippen molar-refractivity contribution in [2.75, 3.05) is 27.8 Å². The average Bonchev–Trinajstić information content (AvgIpc) is 2.58. The van der Waals surface area contributed by atoms with Gasteiger partial charge >= 0.3 is 0 Å². The number of ether oxygens (including phenoxy) is 2. The van der Waals surface area contributed by atoms with Crippen LogP contribution in [-0.2, 0) is 25.8 Å². The van der Waals surface area contributed by atoms with E-state index in [9.17, 15) is 0 Å². The fraction of sp³-hybridized carbons (Fsp3) is 0.400. The lowest BCUT2D eigenvalue weighted by atomic mass is 9.94. The normalized spacial score (nSPS) is 15.4. The van der Waals surface area contributed by atoms with E-state index in [1.165, 1.54) is 22.3 Å². The van der Waals surface area contributed by atoms with E-state index in [2.05, 4.69) is 48.3 Å². The van der Waals surface area contributed by atoms with E-state index in [0.29, 0.717) is 0 Å². The van der Waals surface area contributed by atoms with Gasteiger partial charge in [-0.05, 0) is 72.8 Å². The van der Waals surface area contributed by atoms with E-state index in [1.807, 2.05) is 0 Å². The van der Waals surface area contributed by atoms with Gasteiger partial charge in [-0.25, -0.2) is 0 Å². The highest BCUT2D eigenvalue weighted by Gasteiger charge is 2.13. The molecular weight excluding hydrogens is 286 g/mol. The summed E-state index contributed by atoms with van der Waals surface area (Å²) in [6.45, 7) is 2.00. The zero-order valence-electron chi connectivity index (χ0n) is 14.3. The van der Waals surface area contributed by atoms with Gasteiger partial charge < -0.3 is 14.4 Å². The molecule has 0 aromatic heterocycles. The minimum atomic E-state index is 0.944. The lowest BCUT2D eigenvalue weighted by Crippen LogP contribution is -2.23. The van der Waals surface area contributed by atoms with Crippen LogP contribution in [0.3, 0.4) is 0 Å². The Bertz CT molecular complexity index is 681. The first-order chi connectivity index (χ1) is 11.2. The van der Waals surface area contributed by atoms with Gasteiger partial charge in [-0.3, -0.25) is 0 Å². The zero-order chi connectivity index (χ0) is 16.2. The Labute approximate surface area is 138 Å². The summed E-state index contributed by atoms with van der Waals surface area (Å²) in [5.41, 5.74) is 5.64. The molecule has 23 heavy (non-hydrogen) atoms. The molecule has 0 N–H and O–H groups in total. The molecule has 1 heterocycles. The van der Waals surface area contributed by atoms with Crippen LogP contribution in [0, 0.1) is 0 Å². The molecule has 122 valence electrons. The van der Waals surface area contributed by atoms with Crippen LogP contribution >= 0.6 is 0 Å². The predicted octanol–water partition coefficient (Wildman–Crippen LogP) is 3.48. The number of benzene rings is 2. The van der Waals surface area contributed by atoms with Crippen molar-refractivity contribution in [1.82, 2.24) is 4.90 Å². The molecule has 3 heteroatoms. The second-order valence-corrected chi connectivity index (χ2v) is 6.26. The van der Waals surface area contributed by atoms with Gasteiger partial charge in [0.05, 0.1) is 14.2 Å². The van der Waals surface area contributed by atoms with E-state index in [-0.39, 0.29) is 0 Å². The van der Waals surface area contributed by atoms with Crippen LogP contribution in [0.15, 0.2) is 36.4 Å². The van der Waals surface area contributed by atoms with Crippen molar-refractivity contribution in [2.24, 2.45) is 0 Å². The molecule has 0 amide bonds. The first kappa shape index (κ1) is 15.9. The molecule has 0 bridgehead atoms. The van der Waals surface area contributed by atoms with Gasteiger partial charge in [-0.1, -0.05) is 12.1 Å². The zero-order valence-corrected chi connectivity index (χ0v) is 14.3.